The standard InChI is InChI=1S/C21H27N5O4/c1-21(20(29)23-13-15-8-5-4-6-9-15)14-26-17(19(28)25(21)2)12-16(24-26)18(27)22-10-7-11-30-3/h4-6,8-9,12H,7,10-11,13-14H2,1-3H3,(H,22,27)(H,23,29)/t21-/m1/s1. The van der Waals surface area contributed by atoms with E-state index in [0.717, 1.165) is 5.56 Å². The number of carbonyl (C=O) groups is 3. The molecule has 1 aromatic heterocycles. The van der Waals surface area contributed by atoms with Crippen LogP contribution in [0.25, 0.3) is 0 Å². The molecule has 2 N–H and O–H groups in total. The van der Waals surface area contributed by atoms with Gasteiger partial charge in [0.05, 0.1) is 6.54 Å². The molecule has 1 atom stereocenters. The molecule has 0 spiro atoms. The van der Waals surface area contributed by atoms with Crippen molar-refractivity contribution in [2.45, 2.75) is 32.0 Å². The Morgan fingerprint density at radius 1 is 1.23 bits per heavy atom. The van der Waals surface area contributed by atoms with Crippen molar-refractivity contribution in [1.82, 2.24) is 25.3 Å². The number of rotatable bonds is 8. The molecule has 0 aliphatic carbocycles. The SMILES string of the molecule is COCCCNC(=O)c1cc2n(n1)C[C@](C)(C(=O)NCc1ccccc1)N(C)C2=O. The lowest BCUT2D eigenvalue weighted by Crippen LogP contribution is -2.62. The van der Waals surface area contributed by atoms with Crippen LogP contribution in [0.4, 0.5) is 0 Å². The van der Waals surface area contributed by atoms with Crippen LogP contribution in [0.15, 0.2) is 36.4 Å². The normalized spacial score (nSPS) is 18.1. The number of likely N-dealkylation sites (N-methyl/N-ethyl adjacent to an activating group) is 1. The number of nitrogens with one attached hydrogen (secondary N) is 2. The van der Waals surface area contributed by atoms with E-state index in [1.54, 1.807) is 21.1 Å². The molecule has 9 nitrogen and oxygen atoms in total. The lowest BCUT2D eigenvalue weighted by Gasteiger charge is -2.40. The Labute approximate surface area is 175 Å². The van der Waals surface area contributed by atoms with Crippen LogP contribution < -0.4 is 10.6 Å². The molecule has 0 saturated heterocycles. The minimum absolute atomic E-state index is 0.151. The van der Waals surface area contributed by atoms with E-state index in [4.69, 9.17) is 4.74 Å². The lowest BCUT2D eigenvalue weighted by atomic mass is 9.96. The average molecular weight is 413 g/mol. The number of carbonyl (C=O) groups excluding carboxylic acids is 3. The van der Waals surface area contributed by atoms with Crippen LogP contribution in [-0.4, -0.2) is 65.2 Å². The minimum Gasteiger partial charge on any atom is -0.385 e. The van der Waals surface area contributed by atoms with Gasteiger partial charge in [0.2, 0.25) is 5.91 Å². The summed E-state index contributed by atoms with van der Waals surface area (Å²) in [5, 5.41) is 9.92. The fourth-order valence-electron chi connectivity index (χ4n) is 3.32. The van der Waals surface area contributed by atoms with Crippen LogP contribution in [0.5, 0.6) is 0 Å². The van der Waals surface area contributed by atoms with Crippen molar-refractivity contribution >= 4 is 17.7 Å². The quantitative estimate of drug-likeness (QED) is 0.623. The van der Waals surface area contributed by atoms with E-state index < -0.39 is 5.54 Å². The summed E-state index contributed by atoms with van der Waals surface area (Å²) in [4.78, 5) is 39.6. The summed E-state index contributed by atoms with van der Waals surface area (Å²) >= 11 is 0. The number of ether oxygens (including phenoxy) is 1. The van der Waals surface area contributed by atoms with E-state index in [2.05, 4.69) is 15.7 Å². The molecule has 9 heteroatoms. The van der Waals surface area contributed by atoms with Crippen molar-refractivity contribution < 1.29 is 19.1 Å². The molecule has 0 bridgehead atoms. The van der Waals surface area contributed by atoms with Gasteiger partial charge < -0.3 is 20.3 Å². The third-order valence-corrected chi connectivity index (χ3v) is 5.33. The van der Waals surface area contributed by atoms with Gasteiger partial charge in [-0.25, -0.2) is 0 Å². The fourth-order valence-corrected chi connectivity index (χ4v) is 3.32. The molecule has 2 aromatic rings. The molecule has 160 valence electrons. The van der Waals surface area contributed by atoms with Crippen molar-refractivity contribution in [2.75, 3.05) is 27.3 Å². The second-order valence-electron chi connectivity index (χ2n) is 7.48. The van der Waals surface area contributed by atoms with Crippen molar-refractivity contribution in [3.63, 3.8) is 0 Å². The van der Waals surface area contributed by atoms with Crippen molar-refractivity contribution in [2.24, 2.45) is 0 Å². The minimum atomic E-state index is -1.13. The maximum Gasteiger partial charge on any atom is 0.272 e. The van der Waals surface area contributed by atoms with Gasteiger partial charge in [0.15, 0.2) is 5.69 Å². The first-order chi connectivity index (χ1) is 14.4. The molecule has 30 heavy (non-hydrogen) atoms. The Morgan fingerprint density at radius 3 is 2.67 bits per heavy atom. The molecule has 0 saturated carbocycles. The second-order valence-corrected chi connectivity index (χ2v) is 7.48. The molecule has 0 fully saturated rings. The molecular formula is C21H27N5O4. The Bertz CT molecular complexity index is 927. The van der Waals surface area contributed by atoms with Crippen LogP contribution in [-0.2, 0) is 22.6 Å². The summed E-state index contributed by atoms with van der Waals surface area (Å²) in [5.41, 5.74) is 0.273. The van der Waals surface area contributed by atoms with Gasteiger partial charge in [-0.05, 0) is 18.9 Å². The van der Waals surface area contributed by atoms with Gasteiger partial charge in [0.1, 0.15) is 11.2 Å². The zero-order valence-electron chi connectivity index (χ0n) is 17.5. The molecule has 1 aromatic carbocycles. The number of methoxy groups -OCH3 is 1. The molecule has 1 aliphatic rings. The summed E-state index contributed by atoms with van der Waals surface area (Å²) in [6.07, 6.45) is 0.678. The van der Waals surface area contributed by atoms with E-state index in [0.29, 0.717) is 26.1 Å². The highest BCUT2D eigenvalue weighted by molar-refractivity contribution is 6.01. The number of benzene rings is 1. The molecule has 3 rings (SSSR count). The molecule has 2 heterocycles. The largest absolute Gasteiger partial charge is 0.385 e. The van der Waals surface area contributed by atoms with Gasteiger partial charge in [0.25, 0.3) is 11.8 Å². The number of hydrogen-bond acceptors (Lipinski definition) is 5. The number of fused-ring (bicyclic) bond motifs is 1. The summed E-state index contributed by atoms with van der Waals surface area (Å²) in [6.45, 7) is 3.20. The van der Waals surface area contributed by atoms with E-state index >= 15 is 0 Å². The summed E-state index contributed by atoms with van der Waals surface area (Å²) < 4.78 is 6.39. The van der Waals surface area contributed by atoms with Gasteiger partial charge in [-0.2, -0.15) is 5.10 Å². The van der Waals surface area contributed by atoms with Crippen molar-refractivity contribution in [1.29, 1.82) is 0 Å². The smallest absolute Gasteiger partial charge is 0.272 e. The first-order valence-corrected chi connectivity index (χ1v) is 9.82. The maximum absolute atomic E-state index is 13.0. The molecule has 3 amide bonds. The number of hydrogen-bond donors (Lipinski definition) is 2. The van der Waals surface area contributed by atoms with Gasteiger partial charge in [-0.3, -0.25) is 19.1 Å². The molecule has 0 radical (unpaired) electrons. The van der Waals surface area contributed by atoms with E-state index in [-0.39, 0.29) is 35.7 Å². The molecule has 0 unspecified atom stereocenters. The highest BCUT2D eigenvalue weighted by Crippen LogP contribution is 2.26. The first kappa shape index (κ1) is 21.5. The Hall–Kier alpha value is -3.20. The highest BCUT2D eigenvalue weighted by atomic mass is 16.5. The van der Waals surface area contributed by atoms with E-state index in [1.165, 1.54) is 15.6 Å². The maximum atomic E-state index is 13.0. The lowest BCUT2D eigenvalue weighted by molar-refractivity contribution is -0.132. The third-order valence-electron chi connectivity index (χ3n) is 5.33. The molecular weight excluding hydrogens is 386 g/mol. The Kier molecular flexibility index (Phi) is 6.51. The summed E-state index contributed by atoms with van der Waals surface area (Å²) in [6, 6.07) is 11.0. The van der Waals surface area contributed by atoms with Crippen LogP contribution in [0, 0.1) is 0 Å². The zero-order valence-corrected chi connectivity index (χ0v) is 17.5. The van der Waals surface area contributed by atoms with Gasteiger partial charge in [0, 0.05) is 39.9 Å². The average Bonchev–Trinajstić information content (AvgIpc) is 3.18. The summed E-state index contributed by atoms with van der Waals surface area (Å²) in [5.74, 6) is -1.00. The van der Waals surface area contributed by atoms with Crippen LogP contribution >= 0.6 is 0 Å². The van der Waals surface area contributed by atoms with E-state index in [9.17, 15) is 14.4 Å². The van der Waals surface area contributed by atoms with E-state index in [1.807, 2.05) is 30.3 Å². The predicted molar refractivity (Wildman–Crippen MR) is 110 cm³/mol. The van der Waals surface area contributed by atoms with Gasteiger partial charge >= 0.3 is 0 Å². The second kappa shape index (κ2) is 9.08. The number of nitrogens with zero attached hydrogens (tertiary/aromatic N) is 3. The Morgan fingerprint density at radius 2 is 1.97 bits per heavy atom. The fraction of sp³-hybridized carbons (Fsp3) is 0.429. The predicted octanol–water partition coefficient (Wildman–Crippen LogP) is 0.810. The third kappa shape index (κ3) is 4.35. The van der Waals surface area contributed by atoms with Crippen LogP contribution in [0.1, 0.15) is 39.9 Å². The summed E-state index contributed by atoms with van der Waals surface area (Å²) in [7, 11) is 3.19. The number of amides is 3. The van der Waals surface area contributed by atoms with Crippen LogP contribution in [0.2, 0.25) is 0 Å². The monoisotopic (exact) mass is 413 g/mol. The van der Waals surface area contributed by atoms with Crippen molar-refractivity contribution in [3.8, 4) is 0 Å². The number of aromatic nitrogens is 2. The topological polar surface area (TPSA) is 106 Å². The van der Waals surface area contributed by atoms with Gasteiger partial charge in [-0.15, -0.1) is 0 Å². The van der Waals surface area contributed by atoms with Crippen molar-refractivity contribution in [3.05, 3.63) is 53.3 Å². The zero-order chi connectivity index (χ0) is 21.7. The van der Waals surface area contributed by atoms with Gasteiger partial charge in [-0.1, -0.05) is 30.3 Å². The van der Waals surface area contributed by atoms with Crippen LogP contribution in [0.3, 0.4) is 0 Å². The first-order valence-electron chi connectivity index (χ1n) is 9.82. The highest BCUT2D eigenvalue weighted by Gasteiger charge is 2.46. The molecule has 1 aliphatic heterocycles. The Balaban J connectivity index is 1.72.